The largest absolute Gasteiger partial charge is 0.493 e. The molecule has 130 valence electrons. The summed E-state index contributed by atoms with van der Waals surface area (Å²) in [6.45, 7) is 0.785. The summed E-state index contributed by atoms with van der Waals surface area (Å²) in [7, 11) is 6.36. The molecule has 0 radical (unpaired) electrons. The molecule has 0 heterocycles. The van der Waals surface area contributed by atoms with Gasteiger partial charge in [0.05, 0.1) is 28.4 Å². The Labute approximate surface area is 141 Å². The molecule has 0 aliphatic heterocycles. The lowest BCUT2D eigenvalue weighted by Crippen LogP contribution is -2.09. The summed E-state index contributed by atoms with van der Waals surface area (Å²) in [5.74, 6) is 3.93. The lowest BCUT2D eigenvalue weighted by molar-refractivity contribution is 0.215. The Bertz CT molecular complexity index is 598. The third-order valence-electron chi connectivity index (χ3n) is 3.33. The maximum atomic E-state index is 5.65. The average Bonchev–Trinajstić information content (AvgIpc) is 2.64. The van der Waals surface area contributed by atoms with Crippen LogP contribution in [0, 0.1) is 0 Å². The van der Waals surface area contributed by atoms with Crippen LogP contribution in [0.2, 0.25) is 0 Å². The van der Waals surface area contributed by atoms with Crippen LogP contribution in [-0.4, -0.2) is 41.7 Å². The van der Waals surface area contributed by atoms with E-state index in [2.05, 4.69) is 0 Å². The summed E-state index contributed by atoms with van der Waals surface area (Å²) < 4.78 is 32.2. The number of hydrogen-bond donors (Lipinski definition) is 0. The fourth-order valence-electron chi connectivity index (χ4n) is 2.13. The summed E-state index contributed by atoms with van der Waals surface area (Å²) in [4.78, 5) is 0. The van der Waals surface area contributed by atoms with Gasteiger partial charge in [0.1, 0.15) is 24.7 Å². The van der Waals surface area contributed by atoms with E-state index in [-0.39, 0.29) is 0 Å². The second-order valence-electron chi connectivity index (χ2n) is 4.73. The van der Waals surface area contributed by atoms with Crippen LogP contribution < -0.4 is 28.4 Å². The molecule has 2 aromatic rings. The van der Waals surface area contributed by atoms with Crippen molar-refractivity contribution >= 4 is 0 Å². The molecule has 0 unspecified atom stereocenters. The predicted molar refractivity (Wildman–Crippen MR) is 90.1 cm³/mol. The second kappa shape index (κ2) is 8.76. The molecule has 0 N–H and O–H groups in total. The van der Waals surface area contributed by atoms with Gasteiger partial charge in [-0.25, -0.2) is 0 Å². The monoisotopic (exact) mass is 334 g/mol. The molecule has 0 aliphatic carbocycles. The van der Waals surface area contributed by atoms with E-state index in [1.807, 2.05) is 12.1 Å². The molecule has 0 saturated heterocycles. The number of methoxy groups -OCH3 is 4. The molecule has 0 saturated carbocycles. The zero-order valence-electron chi connectivity index (χ0n) is 14.3. The summed E-state index contributed by atoms with van der Waals surface area (Å²) >= 11 is 0. The topological polar surface area (TPSA) is 55.4 Å². The van der Waals surface area contributed by atoms with Gasteiger partial charge in [-0.1, -0.05) is 0 Å². The zero-order valence-corrected chi connectivity index (χ0v) is 14.3. The van der Waals surface area contributed by atoms with Crippen LogP contribution >= 0.6 is 0 Å². The number of benzene rings is 2. The molecule has 2 rings (SSSR count). The van der Waals surface area contributed by atoms with Gasteiger partial charge in [0.25, 0.3) is 0 Å². The minimum absolute atomic E-state index is 0.393. The molecule has 0 aromatic heterocycles. The van der Waals surface area contributed by atoms with Gasteiger partial charge >= 0.3 is 0 Å². The first-order valence-electron chi connectivity index (χ1n) is 7.41. The van der Waals surface area contributed by atoms with Crippen LogP contribution in [-0.2, 0) is 0 Å². The van der Waals surface area contributed by atoms with E-state index in [0.29, 0.717) is 47.7 Å². The van der Waals surface area contributed by atoms with Crippen molar-refractivity contribution in [1.29, 1.82) is 0 Å². The van der Waals surface area contributed by atoms with Crippen molar-refractivity contribution in [3.63, 3.8) is 0 Å². The third kappa shape index (κ3) is 4.38. The molecular weight excluding hydrogens is 312 g/mol. The van der Waals surface area contributed by atoms with E-state index in [1.54, 1.807) is 52.7 Å². The molecule has 0 bridgehead atoms. The lowest BCUT2D eigenvalue weighted by Gasteiger charge is -2.12. The Kier molecular flexibility index (Phi) is 6.42. The Morgan fingerprint density at radius 2 is 0.917 bits per heavy atom. The van der Waals surface area contributed by atoms with Crippen molar-refractivity contribution in [1.82, 2.24) is 0 Å². The molecule has 2 aromatic carbocycles. The standard InChI is InChI=1S/C18H22O6/c1-19-15-7-5-13(11-17(15)21-3)23-9-10-24-14-6-8-16(20-2)18(12-14)22-4/h5-8,11-12H,9-10H2,1-4H3. The number of rotatable bonds is 9. The normalized spacial score (nSPS) is 10.0. The first kappa shape index (κ1) is 17.6. The first-order chi connectivity index (χ1) is 11.7. The minimum atomic E-state index is 0.393. The van der Waals surface area contributed by atoms with Gasteiger partial charge in [0.2, 0.25) is 0 Å². The maximum Gasteiger partial charge on any atom is 0.164 e. The molecular formula is C18H22O6. The molecule has 6 nitrogen and oxygen atoms in total. The van der Waals surface area contributed by atoms with Crippen molar-refractivity contribution in [2.24, 2.45) is 0 Å². The van der Waals surface area contributed by atoms with Crippen molar-refractivity contribution < 1.29 is 28.4 Å². The average molecular weight is 334 g/mol. The van der Waals surface area contributed by atoms with Crippen molar-refractivity contribution in [3.8, 4) is 34.5 Å². The van der Waals surface area contributed by atoms with Gasteiger partial charge in [-0.3, -0.25) is 0 Å². The van der Waals surface area contributed by atoms with E-state index in [9.17, 15) is 0 Å². The lowest BCUT2D eigenvalue weighted by atomic mass is 10.3. The van der Waals surface area contributed by atoms with Crippen molar-refractivity contribution in [2.45, 2.75) is 0 Å². The van der Waals surface area contributed by atoms with Gasteiger partial charge in [-0.05, 0) is 24.3 Å². The number of ether oxygens (including phenoxy) is 6. The van der Waals surface area contributed by atoms with Crippen molar-refractivity contribution in [3.05, 3.63) is 36.4 Å². The highest BCUT2D eigenvalue weighted by molar-refractivity contribution is 5.46. The molecule has 0 amide bonds. The Morgan fingerprint density at radius 1 is 0.542 bits per heavy atom. The van der Waals surface area contributed by atoms with Crippen LogP contribution in [0.5, 0.6) is 34.5 Å². The smallest absolute Gasteiger partial charge is 0.164 e. The Hall–Kier alpha value is -2.76. The zero-order chi connectivity index (χ0) is 17.4. The van der Waals surface area contributed by atoms with Gasteiger partial charge in [-0.2, -0.15) is 0 Å². The highest BCUT2D eigenvalue weighted by atomic mass is 16.5. The third-order valence-corrected chi connectivity index (χ3v) is 3.33. The molecule has 0 aliphatic rings. The van der Waals surface area contributed by atoms with Crippen LogP contribution in [0.15, 0.2) is 36.4 Å². The van der Waals surface area contributed by atoms with E-state index in [4.69, 9.17) is 28.4 Å². The fraction of sp³-hybridized carbons (Fsp3) is 0.333. The highest BCUT2D eigenvalue weighted by Crippen LogP contribution is 2.32. The van der Waals surface area contributed by atoms with E-state index in [0.717, 1.165) is 0 Å². The van der Waals surface area contributed by atoms with Crippen molar-refractivity contribution in [2.75, 3.05) is 41.7 Å². The van der Waals surface area contributed by atoms with Crippen LogP contribution in [0.25, 0.3) is 0 Å². The SMILES string of the molecule is COc1ccc(OCCOc2ccc(OC)c(OC)c2)cc1OC. The quantitative estimate of drug-likeness (QED) is 0.657. The molecule has 0 spiro atoms. The van der Waals surface area contributed by atoms with E-state index < -0.39 is 0 Å². The Balaban J connectivity index is 1.87. The van der Waals surface area contributed by atoms with Crippen LogP contribution in [0.1, 0.15) is 0 Å². The van der Waals surface area contributed by atoms with Gasteiger partial charge in [0, 0.05) is 12.1 Å². The Morgan fingerprint density at radius 3 is 1.25 bits per heavy atom. The number of hydrogen-bond acceptors (Lipinski definition) is 6. The summed E-state index contributed by atoms with van der Waals surface area (Å²) in [5, 5.41) is 0. The predicted octanol–water partition coefficient (Wildman–Crippen LogP) is 3.18. The summed E-state index contributed by atoms with van der Waals surface area (Å²) in [6, 6.07) is 10.8. The van der Waals surface area contributed by atoms with E-state index in [1.165, 1.54) is 0 Å². The minimum Gasteiger partial charge on any atom is -0.493 e. The van der Waals surface area contributed by atoms with Gasteiger partial charge < -0.3 is 28.4 Å². The fourth-order valence-corrected chi connectivity index (χ4v) is 2.13. The highest BCUT2D eigenvalue weighted by Gasteiger charge is 2.07. The summed E-state index contributed by atoms with van der Waals surface area (Å²) in [6.07, 6.45) is 0. The molecule has 0 fully saturated rings. The first-order valence-corrected chi connectivity index (χ1v) is 7.41. The molecule has 24 heavy (non-hydrogen) atoms. The molecule has 6 heteroatoms. The van der Waals surface area contributed by atoms with E-state index >= 15 is 0 Å². The maximum absolute atomic E-state index is 5.65. The summed E-state index contributed by atoms with van der Waals surface area (Å²) in [5.41, 5.74) is 0. The van der Waals surface area contributed by atoms with Gasteiger partial charge in [0.15, 0.2) is 23.0 Å². The second-order valence-corrected chi connectivity index (χ2v) is 4.73. The molecule has 0 atom stereocenters. The van der Waals surface area contributed by atoms with Gasteiger partial charge in [-0.15, -0.1) is 0 Å². The van der Waals surface area contributed by atoms with Crippen LogP contribution in [0.4, 0.5) is 0 Å². The van der Waals surface area contributed by atoms with Crippen LogP contribution in [0.3, 0.4) is 0 Å².